The highest BCUT2D eigenvalue weighted by atomic mass is 19.4. The number of rotatable bonds is 6. The molecule has 1 aliphatic heterocycles. The molecule has 1 unspecified atom stereocenters. The lowest BCUT2D eigenvalue weighted by Crippen LogP contribution is -2.46. The molecule has 0 radical (unpaired) electrons. The van der Waals surface area contributed by atoms with E-state index in [1.54, 1.807) is 6.92 Å². The number of nitrogens with zero attached hydrogens (tertiary/aromatic N) is 3. The Morgan fingerprint density at radius 1 is 1.25 bits per heavy atom. The fourth-order valence-corrected chi connectivity index (χ4v) is 4.00. The highest BCUT2D eigenvalue weighted by molar-refractivity contribution is 5.99. The number of alkyl halides is 6. The second-order valence-corrected chi connectivity index (χ2v) is 8.24. The summed E-state index contributed by atoms with van der Waals surface area (Å²) in [5, 5.41) is 10.1. The number of hydrogen-bond donors (Lipinski definition) is 2. The van der Waals surface area contributed by atoms with Crippen LogP contribution in [0.3, 0.4) is 0 Å². The molecule has 1 aliphatic rings. The molecule has 3 atom stereocenters. The van der Waals surface area contributed by atoms with Gasteiger partial charge in [-0.2, -0.15) is 13.2 Å². The van der Waals surface area contributed by atoms with Crippen molar-refractivity contribution in [3.05, 3.63) is 64.5 Å². The number of carbonyl (C=O) groups excluding carboxylic acids is 1. The zero-order valence-corrected chi connectivity index (χ0v) is 18.6. The predicted molar refractivity (Wildman–Crippen MR) is 115 cm³/mol. The third-order valence-corrected chi connectivity index (χ3v) is 5.88. The minimum atomic E-state index is -4.68. The number of anilines is 1. The minimum Gasteiger partial charge on any atom is -0.383 e. The molecule has 13 heteroatoms. The highest BCUT2D eigenvalue weighted by Crippen LogP contribution is 2.38. The molecule has 3 aromatic rings. The predicted octanol–water partition coefficient (Wildman–Crippen LogP) is 4.39. The Balaban J connectivity index is 1.72. The van der Waals surface area contributed by atoms with Gasteiger partial charge in [0.1, 0.15) is 5.82 Å². The number of nitrogens with two attached hydrogens (primary N) is 1. The number of carbonyl (C=O) groups is 1. The molecule has 0 fully saturated rings. The summed E-state index contributed by atoms with van der Waals surface area (Å²) in [4.78, 5) is 21.4. The summed E-state index contributed by atoms with van der Waals surface area (Å²) >= 11 is 0. The van der Waals surface area contributed by atoms with E-state index < -0.39 is 43.0 Å². The molecule has 4 rings (SSSR count). The van der Waals surface area contributed by atoms with Crippen molar-refractivity contribution in [2.75, 3.05) is 5.73 Å². The number of aliphatic hydroxyl groups excluding tert-OH is 1. The van der Waals surface area contributed by atoms with Crippen LogP contribution in [-0.4, -0.2) is 44.7 Å². The topological polar surface area (TPSA) is 102 Å². The van der Waals surface area contributed by atoms with Gasteiger partial charge >= 0.3 is 6.18 Å². The molecule has 1 aromatic carbocycles. The maximum atomic E-state index is 15.0. The van der Waals surface area contributed by atoms with Gasteiger partial charge in [-0.05, 0) is 42.8 Å². The van der Waals surface area contributed by atoms with Crippen LogP contribution in [0.1, 0.15) is 45.8 Å². The molecule has 7 nitrogen and oxygen atoms in total. The van der Waals surface area contributed by atoms with Gasteiger partial charge in [-0.15, -0.1) is 0 Å². The Bertz CT molecular complexity index is 1290. The average Bonchev–Trinajstić information content (AvgIpc) is 3.23. The minimum absolute atomic E-state index is 0.133. The zero-order valence-electron chi connectivity index (χ0n) is 18.6. The number of fused-ring (bicyclic) bond motifs is 3. The zero-order chi connectivity index (χ0) is 26.4. The summed E-state index contributed by atoms with van der Waals surface area (Å²) in [5.41, 5.74) is 6.30. The van der Waals surface area contributed by atoms with Gasteiger partial charge < -0.3 is 20.5 Å². The molecule has 0 bridgehead atoms. The van der Waals surface area contributed by atoms with E-state index in [1.807, 2.05) is 0 Å². The fourth-order valence-electron chi connectivity index (χ4n) is 4.00. The summed E-state index contributed by atoms with van der Waals surface area (Å²) in [5.74, 6) is -0.844. The molecule has 0 aliphatic carbocycles. The number of pyridine rings is 2. The number of aliphatic hydroxyl groups is 1. The van der Waals surface area contributed by atoms with Crippen LogP contribution in [0.15, 0.2) is 36.5 Å². The van der Waals surface area contributed by atoms with E-state index in [0.717, 1.165) is 6.07 Å². The lowest BCUT2D eigenvalue weighted by atomic mass is 10.00. The van der Waals surface area contributed by atoms with Crippen molar-refractivity contribution in [3.63, 3.8) is 0 Å². The Hall–Kier alpha value is -3.45. The molecule has 3 heterocycles. The molecular formula is C23H20F6N4O3. The van der Waals surface area contributed by atoms with Crippen LogP contribution in [0, 0.1) is 0 Å². The number of ether oxygens (including phenoxy) is 1. The number of benzene rings is 1. The van der Waals surface area contributed by atoms with Crippen LogP contribution in [0.5, 0.6) is 0 Å². The van der Waals surface area contributed by atoms with Gasteiger partial charge in [0.2, 0.25) is 6.30 Å². The van der Waals surface area contributed by atoms with Crippen LogP contribution < -0.4 is 5.73 Å². The van der Waals surface area contributed by atoms with E-state index in [4.69, 9.17) is 10.5 Å². The van der Waals surface area contributed by atoms with Crippen LogP contribution in [-0.2, 0) is 24.1 Å². The second-order valence-electron chi connectivity index (χ2n) is 8.24. The SMILES string of the molecule is C[C@@H]1OCc2c1c(N)nc1ccc(C(=O)N(Cc3ccc(C(F)(F)F)cn3)C(F)[C@H](O)C(F)F)cc21. The summed E-state index contributed by atoms with van der Waals surface area (Å²) < 4.78 is 85.1. The normalized spacial score (nSPS) is 17.3. The first-order valence-electron chi connectivity index (χ1n) is 10.7. The molecule has 0 spiro atoms. The van der Waals surface area contributed by atoms with Gasteiger partial charge in [0.15, 0.2) is 6.10 Å². The van der Waals surface area contributed by atoms with Crippen molar-refractivity contribution in [2.24, 2.45) is 0 Å². The molecule has 0 saturated carbocycles. The van der Waals surface area contributed by atoms with Gasteiger partial charge in [0.25, 0.3) is 12.3 Å². The Kier molecular flexibility index (Phi) is 6.80. The van der Waals surface area contributed by atoms with Gasteiger partial charge in [-0.25, -0.2) is 18.2 Å². The number of amides is 1. The summed E-state index contributed by atoms with van der Waals surface area (Å²) in [6, 6.07) is 5.64. The van der Waals surface area contributed by atoms with Crippen molar-refractivity contribution in [3.8, 4) is 0 Å². The van der Waals surface area contributed by atoms with Crippen molar-refractivity contribution >= 4 is 22.6 Å². The summed E-state index contributed by atoms with van der Waals surface area (Å²) in [6.07, 6.45) is -13.8. The van der Waals surface area contributed by atoms with Crippen molar-refractivity contribution in [2.45, 2.75) is 51.2 Å². The molecule has 0 saturated heterocycles. The molecule has 192 valence electrons. The molecule has 3 N–H and O–H groups in total. The maximum Gasteiger partial charge on any atom is 0.417 e. The third-order valence-electron chi connectivity index (χ3n) is 5.88. The fraction of sp³-hybridized carbons (Fsp3) is 0.348. The maximum absolute atomic E-state index is 15.0. The number of nitrogen functional groups attached to an aromatic ring is 1. The van der Waals surface area contributed by atoms with E-state index in [2.05, 4.69) is 9.97 Å². The van der Waals surface area contributed by atoms with E-state index in [1.165, 1.54) is 18.2 Å². The van der Waals surface area contributed by atoms with E-state index >= 15 is 0 Å². The van der Waals surface area contributed by atoms with Crippen LogP contribution in [0.4, 0.5) is 32.2 Å². The smallest absolute Gasteiger partial charge is 0.383 e. The van der Waals surface area contributed by atoms with Gasteiger partial charge in [-0.1, -0.05) is 0 Å². The second kappa shape index (κ2) is 9.54. The van der Waals surface area contributed by atoms with Crippen LogP contribution in [0.25, 0.3) is 10.9 Å². The number of hydrogen-bond acceptors (Lipinski definition) is 6. The van der Waals surface area contributed by atoms with Gasteiger partial charge in [0.05, 0.1) is 36.0 Å². The van der Waals surface area contributed by atoms with Gasteiger partial charge in [-0.3, -0.25) is 9.78 Å². The molecular weight excluding hydrogens is 494 g/mol. The molecule has 1 amide bonds. The first-order valence-corrected chi connectivity index (χ1v) is 10.7. The number of aromatic nitrogens is 2. The van der Waals surface area contributed by atoms with Crippen molar-refractivity contribution < 1.29 is 41.0 Å². The Morgan fingerprint density at radius 3 is 2.58 bits per heavy atom. The highest BCUT2D eigenvalue weighted by Gasteiger charge is 2.37. The first kappa shape index (κ1) is 25.6. The first-order chi connectivity index (χ1) is 16.9. The summed E-state index contributed by atoms with van der Waals surface area (Å²) in [6.45, 7) is 1.16. The van der Waals surface area contributed by atoms with E-state index in [0.29, 0.717) is 34.3 Å². The van der Waals surface area contributed by atoms with Crippen LogP contribution >= 0.6 is 0 Å². The molecule has 2 aromatic heterocycles. The lowest BCUT2D eigenvalue weighted by molar-refractivity contribution is -0.137. The average molecular weight is 514 g/mol. The van der Waals surface area contributed by atoms with Gasteiger partial charge in [0, 0.05) is 22.7 Å². The van der Waals surface area contributed by atoms with Crippen molar-refractivity contribution in [1.82, 2.24) is 14.9 Å². The quantitative estimate of drug-likeness (QED) is 0.374. The van der Waals surface area contributed by atoms with E-state index in [9.17, 15) is 36.2 Å². The van der Waals surface area contributed by atoms with Crippen molar-refractivity contribution in [1.29, 1.82) is 0 Å². The lowest BCUT2D eigenvalue weighted by Gasteiger charge is -2.29. The Morgan fingerprint density at radius 2 is 1.97 bits per heavy atom. The summed E-state index contributed by atoms with van der Waals surface area (Å²) in [7, 11) is 0. The third kappa shape index (κ3) is 4.80. The molecule has 36 heavy (non-hydrogen) atoms. The number of halogens is 6. The monoisotopic (exact) mass is 514 g/mol. The largest absolute Gasteiger partial charge is 0.417 e. The van der Waals surface area contributed by atoms with Crippen LogP contribution in [0.2, 0.25) is 0 Å². The van der Waals surface area contributed by atoms with E-state index in [-0.39, 0.29) is 34.7 Å². The Labute approximate surface area is 200 Å². The standard InChI is InChI=1S/C23H20F6N4O3/c1-10-17-15(9-36-10)14-6-11(2-5-16(14)32-21(17)30)22(35)33(20(26)18(34)19(24)25)8-13-4-3-12(7-31-13)23(27,28)29/h2-7,10,18-20,34H,8-9H2,1H3,(H2,30,32)/t10-,18+,20?/m0/s1.